The van der Waals surface area contributed by atoms with E-state index in [9.17, 15) is 0 Å². The van der Waals surface area contributed by atoms with Crippen LogP contribution in [0.1, 0.15) is 12.8 Å². The zero-order valence-electron chi connectivity index (χ0n) is 6.74. The van der Waals surface area contributed by atoms with Crippen molar-refractivity contribution in [1.29, 1.82) is 0 Å². The van der Waals surface area contributed by atoms with Gasteiger partial charge in [-0.15, -0.1) is 0 Å². The molecule has 2 heterocycles. The lowest BCUT2D eigenvalue weighted by Gasteiger charge is -2.23. The molecular formula is C9H14N2. The fourth-order valence-corrected chi connectivity index (χ4v) is 1.78. The highest BCUT2D eigenvalue weighted by Crippen LogP contribution is 2.13. The number of hydrogen-bond acceptors (Lipinski definition) is 2. The van der Waals surface area contributed by atoms with Crippen molar-refractivity contribution in [1.82, 2.24) is 4.90 Å². The molecule has 0 N–H and O–H groups in total. The lowest BCUT2D eigenvalue weighted by Crippen LogP contribution is -2.34. The summed E-state index contributed by atoms with van der Waals surface area (Å²) in [7, 11) is 0. The highest BCUT2D eigenvalue weighted by molar-refractivity contribution is 5.72. The second-order valence-corrected chi connectivity index (χ2v) is 3.21. The molecule has 2 rings (SSSR count). The maximum Gasteiger partial charge on any atom is 0.0581 e. The monoisotopic (exact) mass is 150 g/mol. The van der Waals surface area contributed by atoms with Crippen LogP contribution in [-0.4, -0.2) is 36.8 Å². The fourth-order valence-electron chi connectivity index (χ4n) is 1.78. The van der Waals surface area contributed by atoms with Gasteiger partial charge < -0.3 is 0 Å². The minimum atomic E-state index is 0.600. The predicted molar refractivity (Wildman–Crippen MR) is 47.1 cm³/mol. The minimum Gasteiger partial charge on any atom is -0.295 e. The molecule has 2 aliphatic heterocycles. The quantitative estimate of drug-likeness (QED) is 0.546. The van der Waals surface area contributed by atoms with Crippen molar-refractivity contribution in [2.75, 3.05) is 19.6 Å². The Bertz CT molecular complexity index is 178. The molecule has 0 radical (unpaired) electrons. The average Bonchev–Trinajstić information content (AvgIpc) is 2.58. The highest BCUT2D eigenvalue weighted by Gasteiger charge is 2.19. The number of nitrogens with zero attached hydrogens (tertiary/aromatic N) is 2. The largest absolute Gasteiger partial charge is 0.295 e. The molecule has 60 valence electrons. The van der Waals surface area contributed by atoms with Crippen LogP contribution in [0.15, 0.2) is 17.1 Å². The van der Waals surface area contributed by atoms with Crippen LogP contribution in [0, 0.1) is 0 Å². The van der Waals surface area contributed by atoms with E-state index in [-0.39, 0.29) is 0 Å². The van der Waals surface area contributed by atoms with E-state index in [4.69, 9.17) is 0 Å². The van der Waals surface area contributed by atoms with Crippen LogP contribution < -0.4 is 0 Å². The van der Waals surface area contributed by atoms with E-state index in [1.807, 2.05) is 6.21 Å². The Hall–Kier alpha value is -0.630. The molecule has 0 aromatic rings. The van der Waals surface area contributed by atoms with E-state index in [1.54, 1.807) is 0 Å². The third-order valence-electron chi connectivity index (χ3n) is 2.43. The van der Waals surface area contributed by atoms with Crippen molar-refractivity contribution in [2.24, 2.45) is 4.99 Å². The maximum absolute atomic E-state index is 4.25. The van der Waals surface area contributed by atoms with E-state index >= 15 is 0 Å². The molecule has 2 nitrogen and oxygen atoms in total. The van der Waals surface area contributed by atoms with Crippen LogP contribution in [0.3, 0.4) is 0 Å². The summed E-state index contributed by atoms with van der Waals surface area (Å²) in [6.45, 7) is 3.51. The lowest BCUT2D eigenvalue weighted by molar-refractivity contribution is 0.288. The van der Waals surface area contributed by atoms with Gasteiger partial charge in [0.2, 0.25) is 0 Å². The third-order valence-corrected chi connectivity index (χ3v) is 2.43. The van der Waals surface area contributed by atoms with Crippen LogP contribution in [0.2, 0.25) is 0 Å². The molecule has 1 atom stereocenters. The van der Waals surface area contributed by atoms with E-state index in [0.29, 0.717) is 6.04 Å². The second-order valence-electron chi connectivity index (χ2n) is 3.21. The van der Waals surface area contributed by atoms with Crippen molar-refractivity contribution in [3.8, 4) is 0 Å². The van der Waals surface area contributed by atoms with Gasteiger partial charge in [0.1, 0.15) is 0 Å². The van der Waals surface area contributed by atoms with E-state index in [2.05, 4.69) is 22.0 Å². The SMILES string of the molecule is C1=CC(N2CCCC2)CN=C1. The summed E-state index contributed by atoms with van der Waals surface area (Å²) in [5, 5.41) is 0. The fraction of sp³-hybridized carbons (Fsp3) is 0.667. The summed E-state index contributed by atoms with van der Waals surface area (Å²) < 4.78 is 0. The molecule has 2 heteroatoms. The van der Waals surface area contributed by atoms with Crippen molar-refractivity contribution in [3.05, 3.63) is 12.2 Å². The van der Waals surface area contributed by atoms with Gasteiger partial charge in [-0.3, -0.25) is 9.89 Å². The number of dihydropyridines is 1. The molecule has 2 aliphatic rings. The van der Waals surface area contributed by atoms with Crippen molar-refractivity contribution >= 4 is 6.21 Å². The summed E-state index contributed by atoms with van der Waals surface area (Å²) >= 11 is 0. The van der Waals surface area contributed by atoms with Crippen molar-refractivity contribution < 1.29 is 0 Å². The molecule has 11 heavy (non-hydrogen) atoms. The van der Waals surface area contributed by atoms with Crippen LogP contribution in [0.25, 0.3) is 0 Å². The molecule has 0 saturated carbocycles. The molecule has 0 bridgehead atoms. The molecule has 1 saturated heterocycles. The summed E-state index contributed by atoms with van der Waals surface area (Å²) in [5.74, 6) is 0. The Morgan fingerprint density at radius 2 is 2.09 bits per heavy atom. The normalized spacial score (nSPS) is 31.5. The van der Waals surface area contributed by atoms with Gasteiger partial charge in [0.05, 0.1) is 6.54 Å². The number of likely N-dealkylation sites (tertiary alicyclic amines) is 1. The standard InChI is InChI=1S/C9H14N2/c1-2-7-11(6-1)9-4-3-5-10-8-9/h3-5,9H,1-2,6-8H2. The van der Waals surface area contributed by atoms with Crippen molar-refractivity contribution in [2.45, 2.75) is 18.9 Å². The maximum atomic E-state index is 4.25. The Balaban J connectivity index is 1.94. The lowest BCUT2D eigenvalue weighted by atomic mass is 10.2. The van der Waals surface area contributed by atoms with Crippen LogP contribution in [0.4, 0.5) is 0 Å². The smallest absolute Gasteiger partial charge is 0.0581 e. The van der Waals surface area contributed by atoms with Gasteiger partial charge in [-0.2, -0.15) is 0 Å². The van der Waals surface area contributed by atoms with Gasteiger partial charge >= 0.3 is 0 Å². The second kappa shape index (κ2) is 3.18. The van der Waals surface area contributed by atoms with Gasteiger partial charge in [-0.05, 0) is 32.0 Å². The third kappa shape index (κ3) is 1.51. The highest BCUT2D eigenvalue weighted by atomic mass is 15.2. The molecule has 1 fully saturated rings. The Morgan fingerprint density at radius 1 is 1.27 bits per heavy atom. The Kier molecular flexibility index (Phi) is 2.04. The molecule has 0 amide bonds. The summed E-state index contributed by atoms with van der Waals surface area (Å²) in [4.78, 5) is 6.77. The average molecular weight is 150 g/mol. The summed E-state index contributed by atoms with van der Waals surface area (Å²) in [6, 6.07) is 0.600. The summed E-state index contributed by atoms with van der Waals surface area (Å²) in [5.41, 5.74) is 0. The first-order chi connectivity index (χ1) is 5.47. The first-order valence-corrected chi connectivity index (χ1v) is 4.37. The molecular weight excluding hydrogens is 136 g/mol. The first kappa shape index (κ1) is 7.04. The minimum absolute atomic E-state index is 0.600. The number of allylic oxidation sites excluding steroid dienone is 1. The van der Waals surface area contributed by atoms with E-state index in [1.165, 1.54) is 25.9 Å². The topological polar surface area (TPSA) is 15.6 Å². The zero-order valence-corrected chi connectivity index (χ0v) is 6.74. The molecule has 0 aromatic carbocycles. The van der Waals surface area contributed by atoms with E-state index < -0.39 is 0 Å². The van der Waals surface area contributed by atoms with Gasteiger partial charge in [-0.1, -0.05) is 6.08 Å². The van der Waals surface area contributed by atoms with Gasteiger partial charge in [0, 0.05) is 12.3 Å². The molecule has 0 spiro atoms. The Labute approximate surface area is 67.6 Å². The van der Waals surface area contributed by atoms with Crippen LogP contribution >= 0.6 is 0 Å². The molecule has 0 aromatic heterocycles. The van der Waals surface area contributed by atoms with Crippen LogP contribution in [-0.2, 0) is 0 Å². The molecule has 1 unspecified atom stereocenters. The number of aliphatic imine (C=N–C) groups is 1. The van der Waals surface area contributed by atoms with Gasteiger partial charge in [0.25, 0.3) is 0 Å². The zero-order chi connectivity index (χ0) is 7.52. The number of hydrogen-bond donors (Lipinski definition) is 0. The van der Waals surface area contributed by atoms with Gasteiger partial charge in [0.15, 0.2) is 0 Å². The van der Waals surface area contributed by atoms with E-state index in [0.717, 1.165) is 6.54 Å². The first-order valence-electron chi connectivity index (χ1n) is 4.37. The number of rotatable bonds is 1. The van der Waals surface area contributed by atoms with Crippen molar-refractivity contribution in [3.63, 3.8) is 0 Å². The van der Waals surface area contributed by atoms with Crippen LogP contribution in [0.5, 0.6) is 0 Å². The van der Waals surface area contributed by atoms with Gasteiger partial charge in [-0.25, -0.2) is 0 Å². The Morgan fingerprint density at radius 3 is 2.73 bits per heavy atom. The summed E-state index contributed by atoms with van der Waals surface area (Å²) in [6.07, 6.45) is 8.96. The predicted octanol–water partition coefficient (Wildman–Crippen LogP) is 1.09. The molecule has 0 aliphatic carbocycles.